The monoisotopic (exact) mass is 235 g/mol. The fourth-order valence-corrected chi connectivity index (χ4v) is 1.65. The van der Waals surface area contributed by atoms with Crippen LogP contribution >= 0.6 is 12.4 Å². The van der Waals surface area contributed by atoms with Crippen LogP contribution in [0.2, 0.25) is 0 Å². The van der Waals surface area contributed by atoms with Gasteiger partial charge in [-0.3, -0.25) is 0 Å². The number of halogens is 1. The van der Waals surface area contributed by atoms with Crippen LogP contribution in [0.15, 0.2) is 42.6 Å². The van der Waals surface area contributed by atoms with E-state index in [1.54, 1.807) is 13.3 Å². The summed E-state index contributed by atoms with van der Waals surface area (Å²) in [6, 6.07) is 12.1. The predicted molar refractivity (Wildman–Crippen MR) is 71.0 cm³/mol. The third-order valence-electron chi connectivity index (χ3n) is 2.40. The van der Waals surface area contributed by atoms with Crippen molar-refractivity contribution in [1.29, 1.82) is 0 Å². The Kier molecular flexibility index (Phi) is 4.20. The molecule has 0 fully saturated rings. The minimum atomic E-state index is 0. The standard InChI is InChI=1S/C13H13NO.ClH/c1-15-12-6-5-10-3-2-4-11(7-8-14)13(10)9-12;/h2-9H,14H2,1H3;1H/b8-7+;. The average molecular weight is 236 g/mol. The quantitative estimate of drug-likeness (QED) is 0.868. The highest BCUT2D eigenvalue weighted by atomic mass is 35.5. The highest BCUT2D eigenvalue weighted by Gasteiger charge is 1.99. The summed E-state index contributed by atoms with van der Waals surface area (Å²) >= 11 is 0. The van der Waals surface area contributed by atoms with E-state index in [9.17, 15) is 0 Å². The lowest BCUT2D eigenvalue weighted by atomic mass is 10.0. The number of nitrogens with two attached hydrogens (primary N) is 1. The van der Waals surface area contributed by atoms with Crippen LogP contribution in [0.1, 0.15) is 5.56 Å². The number of methoxy groups -OCH3 is 1. The summed E-state index contributed by atoms with van der Waals surface area (Å²) in [6.07, 6.45) is 3.44. The van der Waals surface area contributed by atoms with Gasteiger partial charge in [0.05, 0.1) is 7.11 Å². The zero-order chi connectivity index (χ0) is 10.7. The SMILES string of the molecule is COc1ccc2cccc(/C=C/N)c2c1.Cl. The van der Waals surface area contributed by atoms with Gasteiger partial charge in [0.25, 0.3) is 0 Å². The fraction of sp³-hybridized carbons (Fsp3) is 0.0769. The van der Waals surface area contributed by atoms with Gasteiger partial charge in [-0.05, 0) is 40.7 Å². The van der Waals surface area contributed by atoms with Crippen molar-refractivity contribution >= 4 is 29.3 Å². The fourth-order valence-electron chi connectivity index (χ4n) is 1.65. The van der Waals surface area contributed by atoms with Crippen LogP contribution in [0.3, 0.4) is 0 Å². The Morgan fingerprint density at radius 1 is 1.19 bits per heavy atom. The molecule has 0 aliphatic heterocycles. The number of fused-ring (bicyclic) bond motifs is 1. The van der Waals surface area contributed by atoms with Crippen molar-refractivity contribution in [2.75, 3.05) is 7.11 Å². The Bertz CT molecular complexity index is 508. The summed E-state index contributed by atoms with van der Waals surface area (Å²) in [5.41, 5.74) is 6.52. The molecule has 0 aliphatic carbocycles. The summed E-state index contributed by atoms with van der Waals surface area (Å²) in [4.78, 5) is 0. The molecule has 0 aliphatic rings. The number of hydrogen-bond acceptors (Lipinski definition) is 2. The van der Waals surface area contributed by atoms with Crippen LogP contribution in [0.4, 0.5) is 0 Å². The topological polar surface area (TPSA) is 35.2 Å². The highest BCUT2D eigenvalue weighted by molar-refractivity contribution is 5.91. The van der Waals surface area contributed by atoms with E-state index in [1.807, 2.05) is 36.4 Å². The number of hydrogen-bond donors (Lipinski definition) is 1. The predicted octanol–water partition coefficient (Wildman–Crippen LogP) is 3.20. The molecular weight excluding hydrogens is 222 g/mol. The summed E-state index contributed by atoms with van der Waals surface area (Å²) in [7, 11) is 1.67. The Hall–Kier alpha value is -1.67. The first-order valence-corrected chi connectivity index (χ1v) is 4.80. The third-order valence-corrected chi connectivity index (χ3v) is 2.40. The first-order valence-electron chi connectivity index (χ1n) is 4.80. The minimum absolute atomic E-state index is 0. The van der Waals surface area contributed by atoms with E-state index in [1.165, 1.54) is 5.39 Å². The lowest BCUT2D eigenvalue weighted by molar-refractivity contribution is 0.415. The summed E-state index contributed by atoms with van der Waals surface area (Å²) < 4.78 is 5.20. The Balaban J connectivity index is 0.00000128. The minimum Gasteiger partial charge on any atom is -0.497 e. The van der Waals surface area contributed by atoms with Crippen LogP contribution in [-0.4, -0.2) is 7.11 Å². The van der Waals surface area contributed by atoms with Gasteiger partial charge in [-0.2, -0.15) is 0 Å². The molecule has 2 nitrogen and oxygen atoms in total. The molecule has 84 valence electrons. The van der Waals surface area contributed by atoms with E-state index < -0.39 is 0 Å². The van der Waals surface area contributed by atoms with E-state index in [-0.39, 0.29) is 12.4 Å². The third kappa shape index (κ3) is 2.28. The van der Waals surface area contributed by atoms with Crippen molar-refractivity contribution in [3.05, 3.63) is 48.2 Å². The molecule has 16 heavy (non-hydrogen) atoms. The first-order chi connectivity index (χ1) is 7.35. The van der Waals surface area contributed by atoms with Crippen molar-refractivity contribution < 1.29 is 4.74 Å². The van der Waals surface area contributed by atoms with Crippen molar-refractivity contribution in [2.45, 2.75) is 0 Å². The van der Waals surface area contributed by atoms with Crippen molar-refractivity contribution in [1.82, 2.24) is 0 Å². The van der Waals surface area contributed by atoms with Crippen molar-refractivity contribution in [3.63, 3.8) is 0 Å². The van der Waals surface area contributed by atoms with Gasteiger partial charge in [0, 0.05) is 0 Å². The Morgan fingerprint density at radius 2 is 2.00 bits per heavy atom. The molecule has 2 aromatic carbocycles. The molecule has 0 unspecified atom stereocenters. The van der Waals surface area contributed by atoms with Gasteiger partial charge >= 0.3 is 0 Å². The molecule has 0 aromatic heterocycles. The van der Waals surface area contributed by atoms with E-state index in [0.717, 1.165) is 16.7 Å². The highest BCUT2D eigenvalue weighted by Crippen LogP contribution is 2.24. The molecule has 0 saturated heterocycles. The van der Waals surface area contributed by atoms with Gasteiger partial charge in [-0.1, -0.05) is 24.3 Å². The second-order valence-corrected chi connectivity index (χ2v) is 3.29. The van der Waals surface area contributed by atoms with Crippen LogP contribution in [-0.2, 0) is 0 Å². The van der Waals surface area contributed by atoms with Crippen LogP contribution in [0.25, 0.3) is 16.8 Å². The van der Waals surface area contributed by atoms with Gasteiger partial charge in [-0.15, -0.1) is 12.4 Å². The van der Waals surface area contributed by atoms with Gasteiger partial charge in [0.1, 0.15) is 5.75 Å². The lowest BCUT2D eigenvalue weighted by Crippen LogP contribution is -1.85. The lowest BCUT2D eigenvalue weighted by Gasteiger charge is -2.05. The molecule has 0 amide bonds. The molecule has 3 heteroatoms. The largest absolute Gasteiger partial charge is 0.497 e. The van der Waals surface area contributed by atoms with Crippen molar-refractivity contribution in [3.8, 4) is 5.75 Å². The molecule has 0 atom stereocenters. The van der Waals surface area contributed by atoms with E-state index in [0.29, 0.717) is 0 Å². The molecule has 0 bridgehead atoms. The zero-order valence-electron chi connectivity index (χ0n) is 9.01. The second kappa shape index (κ2) is 5.42. The maximum absolute atomic E-state index is 5.41. The zero-order valence-corrected chi connectivity index (χ0v) is 9.83. The maximum Gasteiger partial charge on any atom is 0.119 e. The van der Waals surface area contributed by atoms with Gasteiger partial charge in [-0.25, -0.2) is 0 Å². The maximum atomic E-state index is 5.41. The van der Waals surface area contributed by atoms with Crippen LogP contribution in [0.5, 0.6) is 5.75 Å². The summed E-state index contributed by atoms with van der Waals surface area (Å²) in [6.45, 7) is 0. The van der Waals surface area contributed by atoms with Crippen molar-refractivity contribution in [2.24, 2.45) is 5.73 Å². The molecule has 0 heterocycles. The van der Waals surface area contributed by atoms with Crippen LogP contribution < -0.4 is 10.5 Å². The van der Waals surface area contributed by atoms with Crippen LogP contribution in [0, 0.1) is 0 Å². The Morgan fingerprint density at radius 3 is 2.69 bits per heavy atom. The molecule has 0 spiro atoms. The number of benzene rings is 2. The van der Waals surface area contributed by atoms with Gasteiger partial charge < -0.3 is 10.5 Å². The van der Waals surface area contributed by atoms with E-state index in [4.69, 9.17) is 10.5 Å². The molecule has 2 aromatic rings. The second-order valence-electron chi connectivity index (χ2n) is 3.29. The first kappa shape index (κ1) is 12.4. The molecule has 0 radical (unpaired) electrons. The molecular formula is C13H14ClNO. The smallest absolute Gasteiger partial charge is 0.119 e. The average Bonchev–Trinajstić information content (AvgIpc) is 2.29. The van der Waals surface area contributed by atoms with Gasteiger partial charge in [0.15, 0.2) is 0 Å². The van der Waals surface area contributed by atoms with E-state index >= 15 is 0 Å². The van der Waals surface area contributed by atoms with E-state index in [2.05, 4.69) is 6.07 Å². The van der Waals surface area contributed by atoms with Gasteiger partial charge in [0.2, 0.25) is 0 Å². The molecule has 2 N–H and O–H groups in total. The Labute approximate surface area is 101 Å². The normalized spacial score (nSPS) is 10.3. The summed E-state index contributed by atoms with van der Waals surface area (Å²) in [5.74, 6) is 0.861. The number of rotatable bonds is 2. The summed E-state index contributed by atoms with van der Waals surface area (Å²) in [5, 5.41) is 2.34. The number of ether oxygens (including phenoxy) is 1. The molecule has 2 rings (SSSR count). The molecule has 0 saturated carbocycles.